The Hall–Kier alpha value is -2.24. The number of methoxy groups -OCH3 is 2. The van der Waals surface area contributed by atoms with E-state index in [1.165, 1.54) is 0 Å². The first-order chi connectivity index (χ1) is 11.1. The summed E-state index contributed by atoms with van der Waals surface area (Å²) in [5.74, 6) is 0.778. The minimum Gasteiger partial charge on any atom is -0.493 e. The van der Waals surface area contributed by atoms with E-state index < -0.39 is 0 Å². The molecule has 2 amide bonds. The zero-order valence-corrected chi connectivity index (χ0v) is 13.9. The summed E-state index contributed by atoms with van der Waals surface area (Å²) in [6, 6.07) is 5.32. The largest absolute Gasteiger partial charge is 0.493 e. The summed E-state index contributed by atoms with van der Waals surface area (Å²) in [6.07, 6.45) is 2.22. The Morgan fingerprint density at radius 1 is 1.30 bits per heavy atom. The maximum Gasteiger partial charge on any atom is 0.227 e. The molecular weight excluding hydrogens is 296 g/mol. The Morgan fingerprint density at radius 3 is 2.70 bits per heavy atom. The Morgan fingerprint density at radius 2 is 2.04 bits per heavy atom. The molecule has 0 spiro atoms. The number of hydrogen-bond donors (Lipinski definition) is 1. The highest BCUT2D eigenvalue weighted by molar-refractivity contribution is 6.00. The van der Waals surface area contributed by atoms with Crippen molar-refractivity contribution in [1.82, 2.24) is 5.32 Å². The summed E-state index contributed by atoms with van der Waals surface area (Å²) in [4.78, 5) is 26.0. The normalized spacial score (nSPS) is 17.3. The Kier molecular flexibility index (Phi) is 5.84. The maximum atomic E-state index is 12.2. The molecular formula is C17H24N2O4. The summed E-state index contributed by atoms with van der Waals surface area (Å²) in [7, 11) is 3.12. The van der Waals surface area contributed by atoms with Crippen molar-refractivity contribution in [3.05, 3.63) is 18.2 Å². The second-order valence-corrected chi connectivity index (χ2v) is 5.59. The number of nitrogens with one attached hydrogen (secondary N) is 1. The van der Waals surface area contributed by atoms with Gasteiger partial charge in [0.25, 0.3) is 0 Å². The van der Waals surface area contributed by atoms with Crippen LogP contribution in [0.2, 0.25) is 0 Å². The number of carbonyl (C=O) groups excluding carboxylic acids is 2. The lowest BCUT2D eigenvalue weighted by molar-refractivity contribution is -0.126. The van der Waals surface area contributed by atoms with Crippen LogP contribution in [-0.4, -0.2) is 39.1 Å². The second-order valence-electron chi connectivity index (χ2n) is 5.59. The molecule has 126 valence electrons. The summed E-state index contributed by atoms with van der Waals surface area (Å²) in [5.41, 5.74) is 0.719. The van der Waals surface area contributed by atoms with E-state index in [-0.39, 0.29) is 24.2 Å². The third-order valence-corrected chi connectivity index (χ3v) is 4.00. The Bertz CT molecular complexity index is 574. The van der Waals surface area contributed by atoms with Crippen LogP contribution in [0.4, 0.5) is 5.69 Å². The van der Waals surface area contributed by atoms with Crippen LogP contribution in [0.25, 0.3) is 0 Å². The molecule has 0 radical (unpaired) electrons. The van der Waals surface area contributed by atoms with Gasteiger partial charge in [-0.15, -0.1) is 0 Å². The quantitative estimate of drug-likeness (QED) is 0.780. The fourth-order valence-corrected chi connectivity index (χ4v) is 2.66. The Balaban J connectivity index is 2.07. The predicted molar refractivity (Wildman–Crippen MR) is 87.9 cm³/mol. The van der Waals surface area contributed by atoms with Crippen molar-refractivity contribution < 1.29 is 19.1 Å². The number of amides is 2. The molecule has 1 aromatic carbocycles. The van der Waals surface area contributed by atoms with Gasteiger partial charge in [0.1, 0.15) is 0 Å². The average Bonchev–Trinajstić information content (AvgIpc) is 2.96. The lowest BCUT2D eigenvalue weighted by Gasteiger charge is -2.18. The van der Waals surface area contributed by atoms with E-state index in [1.807, 2.05) is 0 Å². The fourth-order valence-electron chi connectivity index (χ4n) is 2.66. The number of unbranched alkanes of at least 4 members (excludes halogenated alkanes) is 1. The van der Waals surface area contributed by atoms with E-state index in [0.717, 1.165) is 18.5 Å². The third kappa shape index (κ3) is 3.94. The molecule has 0 saturated carbocycles. The van der Waals surface area contributed by atoms with Gasteiger partial charge in [0, 0.05) is 31.3 Å². The predicted octanol–water partition coefficient (Wildman–Crippen LogP) is 1.97. The molecule has 23 heavy (non-hydrogen) atoms. The second kappa shape index (κ2) is 7.85. The molecule has 1 fully saturated rings. The van der Waals surface area contributed by atoms with Gasteiger partial charge in [-0.3, -0.25) is 9.59 Å². The van der Waals surface area contributed by atoms with Crippen LogP contribution in [0.1, 0.15) is 26.2 Å². The molecule has 1 saturated heterocycles. The van der Waals surface area contributed by atoms with Gasteiger partial charge in [-0.2, -0.15) is 0 Å². The zero-order chi connectivity index (χ0) is 16.8. The highest BCUT2D eigenvalue weighted by Gasteiger charge is 2.35. The highest BCUT2D eigenvalue weighted by Crippen LogP contribution is 2.34. The van der Waals surface area contributed by atoms with Crippen LogP contribution < -0.4 is 19.7 Å². The number of carbonyl (C=O) groups is 2. The molecule has 1 unspecified atom stereocenters. The van der Waals surface area contributed by atoms with Gasteiger partial charge < -0.3 is 19.7 Å². The van der Waals surface area contributed by atoms with Gasteiger partial charge in [-0.1, -0.05) is 13.3 Å². The fraction of sp³-hybridized carbons (Fsp3) is 0.529. The van der Waals surface area contributed by atoms with Gasteiger partial charge in [0.2, 0.25) is 11.8 Å². The maximum absolute atomic E-state index is 12.2. The molecule has 6 nitrogen and oxygen atoms in total. The average molecular weight is 320 g/mol. The smallest absolute Gasteiger partial charge is 0.227 e. The van der Waals surface area contributed by atoms with E-state index >= 15 is 0 Å². The first kappa shape index (κ1) is 17.1. The van der Waals surface area contributed by atoms with Gasteiger partial charge in [0.15, 0.2) is 11.5 Å². The number of rotatable bonds is 7. The van der Waals surface area contributed by atoms with Crippen molar-refractivity contribution in [1.29, 1.82) is 0 Å². The van der Waals surface area contributed by atoms with Crippen LogP contribution in [-0.2, 0) is 9.59 Å². The number of hydrogen-bond acceptors (Lipinski definition) is 4. The molecule has 0 aliphatic carbocycles. The number of anilines is 1. The monoisotopic (exact) mass is 320 g/mol. The van der Waals surface area contributed by atoms with E-state index in [0.29, 0.717) is 24.6 Å². The van der Waals surface area contributed by atoms with Crippen LogP contribution >= 0.6 is 0 Å². The van der Waals surface area contributed by atoms with Crippen molar-refractivity contribution in [2.75, 3.05) is 32.2 Å². The van der Waals surface area contributed by atoms with Gasteiger partial charge in [0.05, 0.1) is 20.1 Å². The molecule has 6 heteroatoms. The summed E-state index contributed by atoms with van der Waals surface area (Å²) >= 11 is 0. The third-order valence-electron chi connectivity index (χ3n) is 4.00. The number of nitrogens with zero attached hydrogens (tertiary/aromatic N) is 1. The van der Waals surface area contributed by atoms with Crippen LogP contribution in [0.5, 0.6) is 11.5 Å². The van der Waals surface area contributed by atoms with Crippen LogP contribution in [0.3, 0.4) is 0 Å². The molecule has 1 N–H and O–H groups in total. The molecule has 1 aliphatic rings. The molecule has 0 bridgehead atoms. The van der Waals surface area contributed by atoms with Crippen molar-refractivity contribution in [3.63, 3.8) is 0 Å². The van der Waals surface area contributed by atoms with Crippen molar-refractivity contribution in [2.24, 2.45) is 5.92 Å². The van der Waals surface area contributed by atoms with E-state index in [2.05, 4.69) is 12.2 Å². The van der Waals surface area contributed by atoms with Gasteiger partial charge >= 0.3 is 0 Å². The molecule has 1 aromatic rings. The first-order valence-electron chi connectivity index (χ1n) is 7.90. The highest BCUT2D eigenvalue weighted by atomic mass is 16.5. The van der Waals surface area contributed by atoms with Crippen molar-refractivity contribution >= 4 is 17.5 Å². The van der Waals surface area contributed by atoms with Gasteiger partial charge in [-0.25, -0.2) is 0 Å². The molecule has 1 heterocycles. The van der Waals surface area contributed by atoms with Gasteiger partial charge in [-0.05, 0) is 18.6 Å². The zero-order valence-electron chi connectivity index (χ0n) is 13.9. The van der Waals surface area contributed by atoms with E-state index in [4.69, 9.17) is 9.47 Å². The molecule has 1 aliphatic heterocycles. The van der Waals surface area contributed by atoms with Crippen molar-refractivity contribution in [2.45, 2.75) is 26.2 Å². The number of ether oxygens (including phenoxy) is 2. The summed E-state index contributed by atoms with van der Waals surface area (Å²) in [6.45, 7) is 3.13. The standard InChI is InChI=1S/C17H24N2O4/c1-4-5-8-18-17(21)12-9-16(20)19(11-12)13-6-7-14(22-2)15(10-13)23-3/h6-7,10,12H,4-5,8-9,11H2,1-3H3,(H,18,21). The summed E-state index contributed by atoms with van der Waals surface area (Å²) in [5, 5.41) is 2.90. The minimum atomic E-state index is -0.299. The lowest BCUT2D eigenvalue weighted by atomic mass is 10.1. The Labute approximate surface area is 136 Å². The lowest BCUT2D eigenvalue weighted by Crippen LogP contribution is -2.33. The SMILES string of the molecule is CCCCNC(=O)C1CC(=O)N(c2ccc(OC)c(OC)c2)C1. The molecule has 2 rings (SSSR count). The summed E-state index contributed by atoms with van der Waals surface area (Å²) < 4.78 is 10.5. The number of benzene rings is 1. The molecule has 0 aromatic heterocycles. The van der Waals surface area contributed by atoms with Crippen molar-refractivity contribution in [3.8, 4) is 11.5 Å². The van der Waals surface area contributed by atoms with Crippen LogP contribution in [0.15, 0.2) is 18.2 Å². The minimum absolute atomic E-state index is 0.0465. The molecule has 1 atom stereocenters. The first-order valence-corrected chi connectivity index (χ1v) is 7.90. The topological polar surface area (TPSA) is 67.9 Å². The van der Waals surface area contributed by atoms with Crippen LogP contribution in [0, 0.1) is 5.92 Å². The van der Waals surface area contributed by atoms with E-state index in [1.54, 1.807) is 37.3 Å². The van der Waals surface area contributed by atoms with E-state index in [9.17, 15) is 9.59 Å².